The van der Waals surface area contributed by atoms with Crippen LogP contribution in [-0.2, 0) is 0 Å². The van der Waals surface area contributed by atoms with E-state index in [-0.39, 0.29) is 7.43 Å². The monoisotopic (exact) mass is 180 g/mol. The summed E-state index contributed by atoms with van der Waals surface area (Å²) in [7, 11) is 0. The molecule has 0 aliphatic rings. The highest BCUT2D eigenvalue weighted by Gasteiger charge is 1.81. The Kier molecular flexibility index (Phi) is 14.8. The molecule has 0 unspecified atom stereocenters. The Bertz CT molecular complexity index is 23.6. The largest absolute Gasteiger partial charge is 0.0928 e. The minimum Gasteiger partial charge on any atom is -0.0928 e. The number of rotatable bonds is 4. The Morgan fingerprint density at radius 1 is 1.12 bits per heavy atom. The summed E-state index contributed by atoms with van der Waals surface area (Å²) < 4.78 is 0. The number of halogens is 1. The smallest absolute Gasteiger partial charge is 0.00313 e. The predicted molar refractivity (Wildman–Crippen MR) is 44.7 cm³/mol. The Labute approximate surface area is 61.8 Å². The van der Waals surface area contributed by atoms with E-state index in [4.69, 9.17) is 0 Å². The van der Waals surface area contributed by atoms with Gasteiger partial charge >= 0.3 is 0 Å². The van der Waals surface area contributed by atoms with E-state index in [0.717, 1.165) is 0 Å². The molecule has 0 aliphatic carbocycles. The topological polar surface area (TPSA) is 0 Å². The molecule has 0 aromatic heterocycles. The van der Waals surface area contributed by atoms with Crippen LogP contribution in [0.15, 0.2) is 0 Å². The number of hydrogen-bond donors (Lipinski definition) is 0. The van der Waals surface area contributed by atoms with E-state index in [0.29, 0.717) is 0 Å². The molecule has 0 N–H and O–H groups in total. The summed E-state index contributed by atoms with van der Waals surface area (Å²) in [5, 5.41) is 1.17. The zero-order valence-electron chi connectivity index (χ0n) is 4.91. The lowest BCUT2D eigenvalue weighted by Gasteiger charge is -1.89. The molecule has 0 spiro atoms. The van der Waals surface area contributed by atoms with Crippen LogP contribution in [0.4, 0.5) is 0 Å². The predicted octanol–water partition coefficient (Wildman–Crippen LogP) is 3.60. The van der Waals surface area contributed by atoms with Crippen LogP contribution in [0.1, 0.15) is 40.0 Å². The summed E-state index contributed by atoms with van der Waals surface area (Å²) in [5.74, 6) is 0. The van der Waals surface area contributed by atoms with Crippen LogP contribution in [0.2, 0.25) is 0 Å². The lowest BCUT2D eigenvalue weighted by Crippen LogP contribution is -1.73. The second-order valence-corrected chi connectivity index (χ2v) is 2.54. The van der Waals surface area contributed by atoms with Crippen molar-refractivity contribution >= 4 is 15.9 Å². The standard InChI is InChI=1S/C6H13Br.CH4/c1-2-3-4-5-6-7;/h2-6H2,1H3;1H4. The molecular formula is C7H17Br. The molecule has 0 aromatic carbocycles. The first-order valence-electron chi connectivity index (χ1n) is 2.97. The molecule has 0 aromatic rings. The lowest BCUT2D eigenvalue weighted by molar-refractivity contribution is 0.708. The van der Waals surface area contributed by atoms with Gasteiger partial charge in [0.15, 0.2) is 0 Å². The van der Waals surface area contributed by atoms with E-state index in [1.54, 1.807) is 0 Å². The van der Waals surface area contributed by atoms with Crippen molar-refractivity contribution in [3.8, 4) is 0 Å². The van der Waals surface area contributed by atoms with E-state index >= 15 is 0 Å². The second-order valence-electron chi connectivity index (χ2n) is 1.75. The van der Waals surface area contributed by atoms with Gasteiger partial charge in [0, 0.05) is 5.33 Å². The highest BCUT2D eigenvalue weighted by Crippen LogP contribution is 1.99. The number of unbranched alkanes of at least 4 members (excludes halogenated alkanes) is 3. The van der Waals surface area contributed by atoms with Crippen LogP contribution in [0.3, 0.4) is 0 Å². The van der Waals surface area contributed by atoms with Crippen molar-refractivity contribution in [1.29, 1.82) is 0 Å². The molecular weight excluding hydrogens is 164 g/mol. The summed E-state index contributed by atoms with van der Waals surface area (Å²) in [6, 6.07) is 0. The third-order valence-electron chi connectivity index (χ3n) is 0.987. The zero-order chi connectivity index (χ0) is 5.54. The first-order valence-corrected chi connectivity index (χ1v) is 4.10. The highest BCUT2D eigenvalue weighted by molar-refractivity contribution is 9.09. The quantitative estimate of drug-likeness (QED) is 0.459. The van der Waals surface area contributed by atoms with Gasteiger partial charge in [0.05, 0.1) is 0 Å². The molecule has 52 valence electrons. The Morgan fingerprint density at radius 2 is 1.75 bits per heavy atom. The third-order valence-corrected chi connectivity index (χ3v) is 1.55. The molecule has 0 amide bonds. The average Bonchev–Trinajstić information content (AvgIpc) is 1.69. The maximum atomic E-state index is 3.38. The van der Waals surface area contributed by atoms with Gasteiger partial charge in [0.25, 0.3) is 0 Å². The fourth-order valence-corrected chi connectivity index (χ4v) is 0.918. The molecule has 0 atom stereocenters. The van der Waals surface area contributed by atoms with E-state index in [1.165, 1.54) is 31.0 Å². The van der Waals surface area contributed by atoms with Crippen LogP contribution < -0.4 is 0 Å². The van der Waals surface area contributed by atoms with E-state index in [2.05, 4.69) is 22.9 Å². The molecule has 1 heteroatoms. The van der Waals surface area contributed by atoms with Crippen LogP contribution >= 0.6 is 15.9 Å². The molecule has 0 nitrogen and oxygen atoms in total. The Hall–Kier alpha value is 0.480. The summed E-state index contributed by atoms with van der Waals surface area (Å²) >= 11 is 3.38. The fourth-order valence-electron chi connectivity index (χ4n) is 0.521. The molecule has 0 saturated heterocycles. The summed E-state index contributed by atoms with van der Waals surface area (Å²) in [5.41, 5.74) is 0. The van der Waals surface area contributed by atoms with Crippen molar-refractivity contribution in [2.75, 3.05) is 5.33 Å². The van der Waals surface area contributed by atoms with Crippen LogP contribution in [0.5, 0.6) is 0 Å². The highest BCUT2D eigenvalue weighted by atomic mass is 79.9. The first-order chi connectivity index (χ1) is 3.41. The second kappa shape index (κ2) is 10.5. The van der Waals surface area contributed by atoms with Gasteiger partial charge in [-0.3, -0.25) is 0 Å². The van der Waals surface area contributed by atoms with Gasteiger partial charge < -0.3 is 0 Å². The molecule has 0 heterocycles. The molecule has 0 saturated carbocycles. The molecule has 0 rings (SSSR count). The van der Waals surface area contributed by atoms with Crippen molar-refractivity contribution in [2.45, 2.75) is 40.0 Å². The van der Waals surface area contributed by atoms with E-state index < -0.39 is 0 Å². The summed E-state index contributed by atoms with van der Waals surface area (Å²) in [4.78, 5) is 0. The average molecular weight is 181 g/mol. The zero-order valence-corrected chi connectivity index (χ0v) is 6.50. The molecule has 8 heavy (non-hydrogen) atoms. The van der Waals surface area contributed by atoms with Crippen molar-refractivity contribution in [1.82, 2.24) is 0 Å². The lowest BCUT2D eigenvalue weighted by atomic mass is 10.2. The summed E-state index contributed by atoms with van der Waals surface area (Å²) in [6.07, 6.45) is 5.47. The van der Waals surface area contributed by atoms with Crippen LogP contribution in [0, 0.1) is 0 Å². The van der Waals surface area contributed by atoms with Crippen molar-refractivity contribution in [2.24, 2.45) is 0 Å². The van der Waals surface area contributed by atoms with E-state index in [9.17, 15) is 0 Å². The van der Waals surface area contributed by atoms with E-state index in [1.807, 2.05) is 0 Å². The molecule has 0 fully saturated rings. The minimum atomic E-state index is 0. The number of alkyl halides is 1. The number of hydrogen-bond acceptors (Lipinski definition) is 0. The van der Waals surface area contributed by atoms with Gasteiger partial charge in [-0.15, -0.1) is 0 Å². The normalized spacial score (nSPS) is 8.25. The Morgan fingerprint density at radius 3 is 2.12 bits per heavy atom. The van der Waals surface area contributed by atoms with Crippen molar-refractivity contribution in [3.05, 3.63) is 0 Å². The van der Waals surface area contributed by atoms with Gasteiger partial charge in [-0.2, -0.15) is 0 Å². The van der Waals surface area contributed by atoms with Crippen LogP contribution in [-0.4, -0.2) is 5.33 Å². The SMILES string of the molecule is C.CCCCCCBr. The third kappa shape index (κ3) is 9.70. The fraction of sp³-hybridized carbons (Fsp3) is 1.00. The van der Waals surface area contributed by atoms with Gasteiger partial charge in [-0.25, -0.2) is 0 Å². The summed E-state index contributed by atoms with van der Waals surface area (Å²) in [6.45, 7) is 2.23. The van der Waals surface area contributed by atoms with Crippen molar-refractivity contribution in [3.63, 3.8) is 0 Å². The molecule has 0 aliphatic heterocycles. The maximum absolute atomic E-state index is 3.38. The van der Waals surface area contributed by atoms with Gasteiger partial charge in [0.2, 0.25) is 0 Å². The maximum Gasteiger partial charge on any atom is 0.00313 e. The first kappa shape index (κ1) is 11.3. The Balaban J connectivity index is 0. The van der Waals surface area contributed by atoms with Crippen LogP contribution in [0.25, 0.3) is 0 Å². The molecule has 0 bridgehead atoms. The van der Waals surface area contributed by atoms with Gasteiger partial charge in [-0.05, 0) is 6.42 Å². The molecule has 0 radical (unpaired) electrons. The minimum absolute atomic E-state index is 0. The van der Waals surface area contributed by atoms with Gasteiger partial charge in [0.1, 0.15) is 0 Å². The van der Waals surface area contributed by atoms with Crippen molar-refractivity contribution < 1.29 is 0 Å². The van der Waals surface area contributed by atoms with Gasteiger partial charge in [-0.1, -0.05) is 49.5 Å².